The van der Waals surface area contributed by atoms with Crippen LogP contribution in [0.25, 0.3) is 21.8 Å². The topological polar surface area (TPSA) is 97.4 Å². The first-order valence-corrected chi connectivity index (χ1v) is 11.7. The molecule has 0 saturated carbocycles. The summed E-state index contributed by atoms with van der Waals surface area (Å²) >= 11 is 0. The predicted octanol–water partition coefficient (Wildman–Crippen LogP) is 3.55. The molecule has 4 aromatic rings. The van der Waals surface area contributed by atoms with E-state index in [2.05, 4.69) is 32.4 Å². The van der Waals surface area contributed by atoms with Crippen molar-refractivity contribution in [2.75, 3.05) is 27.3 Å². The summed E-state index contributed by atoms with van der Waals surface area (Å²) in [7, 11) is 3.32. The first kappa shape index (κ1) is 24.2. The number of hydrogen-bond acceptors (Lipinski definition) is 4. The van der Waals surface area contributed by atoms with Crippen molar-refractivity contribution >= 4 is 33.6 Å². The van der Waals surface area contributed by atoms with Crippen molar-refractivity contribution in [1.29, 1.82) is 0 Å². The minimum atomic E-state index is -0.0434. The van der Waals surface area contributed by atoms with E-state index in [1.807, 2.05) is 30.3 Å². The van der Waals surface area contributed by atoms with E-state index in [4.69, 9.17) is 9.47 Å². The summed E-state index contributed by atoms with van der Waals surface area (Å²) in [5.41, 5.74) is 5.50. The van der Waals surface area contributed by atoms with Crippen molar-refractivity contribution in [2.24, 2.45) is 0 Å². The number of benzene rings is 2. The molecule has 2 aromatic carbocycles. The van der Waals surface area contributed by atoms with E-state index in [0.29, 0.717) is 26.1 Å². The summed E-state index contributed by atoms with van der Waals surface area (Å²) in [6.45, 7) is 4.81. The van der Waals surface area contributed by atoms with E-state index in [-0.39, 0.29) is 11.8 Å². The normalized spacial score (nSPS) is 11.1. The van der Waals surface area contributed by atoms with Crippen LogP contribution in [0.5, 0.6) is 11.5 Å². The average molecular weight is 477 g/mol. The van der Waals surface area contributed by atoms with Crippen LogP contribution in [0.15, 0.2) is 42.6 Å². The van der Waals surface area contributed by atoms with Gasteiger partial charge in [0.05, 0.1) is 20.8 Å². The molecule has 0 bridgehead atoms. The molecule has 3 N–H and O–H groups in total. The second-order valence-electron chi connectivity index (χ2n) is 8.62. The first-order valence-electron chi connectivity index (χ1n) is 11.7. The van der Waals surface area contributed by atoms with E-state index < -0.39 is 0 Å². The molecule has 2 heterocycles. The predicted molar refractivity (Wildman–Crippen MR) is 137 cm³/mol. The molecule has 0 unspecified atom stereocenters. The van der Waals surface area contributed by atoms with E-state index in [0.717, 1.165) is 56.5 Å². The van der Waals surface area contributed by atoms with Gasteiger partial charge in [0.2, 0.25) is 11.8 Å². The van der Waals surface area contributed by atoms with Gasteiger partial charge in [0, 0.05) is 60.6 Å². The minimum absolute atomic E-state index is 0.0383. The fourth-order valence-corrected chi connectivity index (χ4v) is 4.54. The van der Waals surface area contributed by atoms with Crippen molar-refractivity contribution in [3.8, 4) is 11.5 Å². The second-order valence-corrected chi connectivity index (χ2v) is 8.62. The number of amides is 2. The number of rotatable bonds is 10. The van der Waals surface area contributed by atoms with Gasteiger partial charge in [-0.05, 0) is 60.4 Å². The van der Waals surface area contributed by atoms with Crippen LogP contribution in [0.3, 0.4) is 0 Å². The number of carbonyl (C=O) groups is 2. The van der Waals surface area contributed by atoms with Gasteiger partial charge in [-0.2, -0.15) is 0 Å². The fourth-order valence-electron chi connectivity index (χ4n) is 4.54. The number of nitrogens with one attached hydrogen (secondary N) is 3. The number of hydrogen-bond donors (Lipinski definition) is 3. The van der Waals surface area contributed by atoms with Gasteiger partial charge in [-0.15, -0.1) is 0 Å². The summed E-state index contributed by atoms with van der Waals surface area (Å²) in [5, 5.41) is 7.99. The molecule has 8 nitrogen and oxygen atoms in total. The maximum absolute atomic E-state index is 11.5. The summed E-state index contributed by atoms with van der Waals surface area (Å²) in [6.07, 6.45) is 3.57. The highest BCUT2D eigenvalue weighted by Gasteiger charge is 2.16. The van der Waals surface area contributed by atoms with Crippen LogP contribution >= 0.6 is 0 Å². The Bertz CT molecular complexity index is 1370. The Balaban J connectivity index is 1.74. The Morgan fingerprint density at radius 1 is 0.886 bits per heavy atom. The van der Waals surface area contributed by atoms with Crippen LogP contribution in [0.4, 0.5) is 0 Å². The highest BCUT2D eigenvalue weighted by molar-refractivity contribution is 5.88. The molecule has 0 fully saturated rings. The summed E-state index contributed by atoms with van der Waals surface area (Å²) < 4.78 is 13.1. The molecule has 2 amide bonds. The third-order valence-electron chi connectivity index (χ3n) is 6.22. The van der Waals surface area contributed by atoms with Crippen LogP contribution in [-0.4, -0.2) is 48.7 Å². The lowest BCUT2D eigenvalue weighted by Crippen LogP contribution is -2.22. The zero-order chi connectivity index (χ0) is 24.9. The van der Waals surface area contributed by atoms with Crippen molar-refractivity contribution in [2.45, 2.75) is 33.2 Å². The van der Waals surface area contributed by atoms with Gasteiger partial charge < -0.3 is 29.7 Å². The lowest BCUT2D eigenvalue weighted by Gasteiger charge is -2.09. The number of methoxy groups -OCH3 is 2. The molecule has 35 heavy (non-hydrogen) atoms. The van der Waals surface area contributed by atoms with E-state index in [9.17, 15) is 9.59 Å². The highest BCUT2D eigenvalue weighted by atomic mass is 16.5. The molecule has 0 aliphatic rings. The molecule has 8 heteroatoms. The van der Waals surface area contributed by atoms with Gasteiger partial charge in [0.1, 0.15) is 11.5 Å². The van der Waals surface area contributed by atoms with Crippen LogP contribution in [0.2, 0.25) is 0 Å². The van der Waals surface area contributed by atoms with Gasteiger partial charge in [-0.3, -0.25) is 9.59 Å². The van der Waals surface area contributed by atoms with Gasteiger partial charge in [-0.1, -0.05) is 0 Å². The quantitative estimate of drug-likeness (QED) is 0.326. The fraction of sp³-hybridized carbons (Fsp3) is 0.333. The third-order valence-corrected chi connectivity index (χ3v) is 6.22. The summed E-state index contributed by atoms with van der Waals surface area (Å²) in [4.78, 5) is 26.4. The molecule has 0 aliphatic heterocycles. The lowest BCUT2D eigenvalue weighted by molar-refractivity contribution is -0.119. The Morgan fingerprint density at radius 2 is 1.51 bits per heavy atom. The van der Waals surface area contributed by atoms with Crippen LogP contribution < -0.4 is 20.1 Å². The van der Waals surface area contributed by atoms with E-state index in [1.165, 1.54) is 13.8 Å². The van der Waals surface area contributed by atoms with Gasteiger partial charge in [-0.25, -0.2) is 0 Å². The number of H-pyrrole nitrogens is 1. The standard InChI is InChI=1S/C27H32N4O4/c1-17(32)28-11-9-19-15-31(27-8-6-21(35-4)13-23(19)27)16-26-22(10-12-29-18(2)33)24-14-20(34-3)5-7-25(24)30-26/h5-8,13-15,30H,9-12,16H2,1-4H3,(H,28,32)(H,29,33). The third kappa shape index (κ3) is 5.42. The van der Waals surface area contributed by atoms with Gasteiger partial charge in [0.25, 0.3) is 0 Å². The number of aromatic amines is 1. The number of carbonyl (C=O) groups excluding carboxylic acids is 2. The van der Waals surface area contributed by atoms with Crippen LogP contribution in [-0.2, 0) is 29.0 Å². The average Bonchev–Trinajstić information content (AvgIpc) is 3.35. The van der Waals surface area contributed by atoms with Crippen LogP contribution in [0, 0.1) is 0 Å². The maximum Gasteiger partial charge on any atom is 0.216 e. The molecule has 0 spiro atoms. The van der Waals surface area contributed by atoms with Gasteiger partial charge in [0.15, 0.2) is 0 Å². The van der Waals surface area contributed by atoms with Crippen molar-refractivity contribution in [1.82, 2.24) is 20.2 Å². The largest absolute Gasteiger partial charge is 0.497 e. The molecule has 0 saturated heterocycles. The first-order chi connectivity index (χ1) is 16.9. The lowest BCUT2D eigenvalue weighted by atomic mass is 10.1. The molecular weight excluding hydrogens is 444 g/mol. The minimum Gasteiger partial charge on any atom is -0.497 e. The zero-order valence-corrected chi connectivity index (χ0v) is 20.7. The Kier molecular flexibility index (Phi) is 7.29. The van der Waals surface area contributed by atoms with E-state index >= 15 is 0 Å². The molecular formula is C27H32N4O4. The summed E-state index contributed by atoms with van der Waals surface area (Å²) in [5.74, 6) is 1.51. The number of aromatic nitrogens is 2. The molecule has 2 aromatic heterocycles. The van der Waals surface area contributed by atoms with Gasteiger partial charge >= 0.3 is 0 Å². The SMILES string of the molecule is COc1ccc2[nH]c(Cn3cc(CCNC(C)=O)c4cc(OC)ccc43)c(CCNC(C)=O)c2c1. The molecule has 4 rings (SSSR count). The maximum atomic E-state index is 11.5. The number of fused-ring (bicyclic) bond motifs is 2. The Labute approximate surface area is 204 Å². The Hall–Kier alpha value is -3.94. The molecule has 0 aliphatic carbocycles. The second kappa shape index (κ2) is 10.5. The molecule has 0 atom stereocenters. The zero-order valence-electron chi connectivity index (χ0n) is 20.7. The molecule has 0 radical (unpaired) electrons. The smallest absolute Gasteiger partial charge is 0.216 e. The Morgan fingerprint density at radius 3 is 2.17 bits per heavy atom. The highest BCUT2D eigenvalue weighted by Crippen LogP contribution is 2.31. The monoisotopic (exact) mass is 476 g/mol. The van der Waals surface area contributed by atoms with E-state index in [1.54, 1.807) is 14.2 Å². The summed E-state index contributed by atoms with van der Waals surface area (Å²) in [6, 6.07) is 12.1. The number of nitrogens with zero attached hydrogens (tertiary/aromatic N) is 1. The molecule has 184 valence electrons. The number of ether oxygens (including phenoxy) is 2. The van der Waals surface area contributed by atoms with Crippen molar-refractivity contribution in [3.63, 3.8) is 0 Å². The van der Waals surface area contributed by atoms with Crippen molar-refractivity contribution < 1.29 is 19.1 Å². The van der Waals surface area contributed by atoms with Crippen LogP contribution in [0.1, 0.15) is 30.7 Å². The van der Waals surface area contributed by atoms with Crippen molar-refractivity contribution in [3.05, 3.63) is 59.4 Å².